The Balaban J connectivity index is 2.68. The molecular formula is C12H15ClN2O3. The Bertz CT molecular complexity index is 645. The van der Waals surface area contributed by atoms with Crippen LogP contribution in [-0.4, -0.2) is 28.0 Å². The summed E-state index contributed by atoms with van der Waals surface area (Å²) in [6.45, 7) is 0.159. The van der Waals surface area contributed by atoms with Gasteiger partial charge in [-0.15, -0.1) is 0 Å². The molecule has 0 spiro atoms. The normalized spacial score (nSPS) is 13.2. The quantitative estimate of drug-likeness (QED) is 0.912. The van der Waals surface area contributed by atoms with E-state index in [2.05, 4.69) is 0 Å². The highest BCUT2D eigenvalue weighted by Crippen LogP contribution is 2.28. The van der Waals surface area contributed by atoms with Crippen LogP contribution in [0.15, 0.2) is 16.9 Å². The number of fused-ring (bicyclic) bond motifs is 1. The third-order valence-electron chi connectivity index (χ3n) is 3.07. The lowest BCUT2D eigenvalue weighted by atomic mass is 10.1. The zero-order chi connectivity index (χ0) is 13.4. The van der Waals surface area contributed by atoms with Gasteiger partial charge in [0.1, 0.15) is 6.10 Å². The number of aliphatic hydroxyl groups is 1. The van der Waals surface area contributed by atoms with Crippen LogP contribution in [0.5, 0.6) is 0 Å². The summed E-state index contributed by atoms with van der Waals surface area (Å²) < 4.78 is 7.95. The van der Waals surface area contributed by atoms with E-state index in [0.29, 0.717) is 10.6 Å². The molecule has 0 aliphatic carbocycles. The maximum Gasteiger partial charge on any atom is 0.328 e. The lowest BCUT2D eigenvalue weighted by Gasteiger charge is -2.12. The standard InChI is InChI=1S/C12H15ClN2O3/c1-14-9-4-7(11(16)6-18-3)8(13)5-10(9)15(2)12(14)17/h4-5,11,16H,6H2,1-3H3. The SMILES string of the molecule is COCC(O)c1cc2c(cc1Cl)n(C)c(=O)n2C. The van der Waals surface area contributed by atoms with Crippen LogP contribution in [-0.2, 0) is 18.8 Å². The summed E-state index contributed by atoms with van der Waals surface area (Å²) in [6.07, 6.45) is -0.804. The molecule has 0 amide bonds. The monoisotopic (exact) mass is 270 g/mol. The molecule has 0 fully saturated rings. The number of benzene rings is 1. The maximum absolute atomic E-state index is 11.8. The minimum Gasteiger partial charge on any atom is -0.386 e. The van der Waals surface area contributed by atoms with Gasteiger partial charge >= 0.3 is 5.69 Å². The van der Waals surface area contributed by atoms with Crippen molar-refractivity contribution in [3.05, 3.63) is 33.2 Å². The van der Waals surface area contributed by atoms with E-state index in [9.17, 15) is 9.90 Å². The summed E-state index contributed by atoms with van der Waals surface area (Å²) >= 11 is 6.13. The molecule has 2 rings (SSSR count). The van der Waals surface area contributed by atoms with Crippen LogP contribution in [0.2, 0.25) is 5.02 Å². The summed E-state index contributed by atoms with van der Waals surface area (Å²) in [5, 5.41) is 10.3. The van der Waals surface area contributed by atoms with Crippen molar-refractivity contribution in [1.29, 1.82) is 0 Å². The summed E-state index contributed by atoms with van der Waals surface area (Å²) in [6, 6.07) is 3.41. The first-order valence-electron chi connectivity index (χ1n) is 5.49. The van der Waals surface area contributed by atoms with E-state index >= 15 is 0 Å². The first-order valence-corrected chi connectivity index (χ1v) is 5.87. The van der Waals surface area contributed by atoms with E-state index < -0.39 is 6.10 Å². The summed E-state index contributed by atoms with van der Waals surface area (Å²) in [7, 11) is 4.88. The van der Waals surface area contributed by atoms with Gasteiger partial charge < -0.3 is 9.84 Å². The molecule has 0 bridgehead atoms. The molecule has 0 aliphatic rings. The van der Waals surface area contributed by atoms with Gasteiger partial charge in [0, 0.05) is 31.8 Å². The number of hydrogen-bond acceptors (Lipinski definition) is 3. The zero-order valence-electron chi connectivity index (χ0n) is 10.5. The Kier molecular flexibility index (Phi) is 3.47. The molecule has 5 nitrogen and oxygen atoms in total. The van der Waals surface area contributed by atoms with Crippen molar-refractivity contribution >= 4 is 22.6 Å². The molecule has 6 heteroatoms. The minimum atomic E-state index is -0.804. The average molecular weight is 271 g/mol. The highest BCUT2D eigenvalue weighted by Gasteiger charge is 2.16. The number of imidazole rings is 1. The molecule has 0 saturated carbocycles. The van der Waals surface area contributed by atoms with Crippen LogP contribution in [0.4, 0.5) is 0 Å². The summed E-state index contributed by atoms with van der Waals surface area (Å²) in [4.78, 5) is 11.8. The van der Waals surface area contributed by atoms with E-state index in [0.717, 1.165) is 11.0 Å². The Labute approximate surface area is 109 Å². The van der Waals surface area contributed by atoms with E-state index in [-0.39, 0.29) is 12.3 Å². The molecule has 0 saturated heterocycles. The Morgan fingerprint density at radius 1 is 1.33 bits per heavy atom. The topological polar surface area (TPSA) is 56.4 Å². The second-order valence-corrected chi connectivity index (χ2v) is 4.64. The predicted molar refractivity (Wildman–Crippen MR) is 70.0 cm³/mol. The van der Waals surface area contributed by atoms with Gasteiger partial charge in [0.25, 0.3) is 0 Å². The maximum atomic E-state index is 11.8. The smallest absolute Gasteiger partial charge is 0.328 e. The van der Waals surface area contributed by atoms with Gasteiger partial charge in [-0.2, -0.15) is 0 Å². The number of ether oxygens (including phenoxy) is 1. The minimum absolute atomic E-state index is 0.126. The second-order valence-electron chi connectivity index (χ2n) is 4.23. The number of rotatable bonds is 3. The lowest BCUT2D eigenvalue weighted by molar-refractivity contribution is 0.0645. The highest BCUT2D eigenvalue weighted by atomic mass is 35.5. The number of nitrogens with zero attached hydrogens (tertiary/aromatic N) is 2. The van der Waals surface area contributed by atoms with Gasteiger partial charge in [0.05, 0.1) is 17.6 Å². The van der Waals surface area contributed by atoms with Gasteiger partial charge in [-0.05, 0) is 12.1 Å². The summed E-state index contributed by atoms with van der Waals surface area (Å²) in [5.41, 5.74) is 1.91. The van der Waals surface area contributed by atoms with Crippen molar-refractivity contribution in [2.75, 3.05) is 13.7 Å². The average Bonchev–Trinajstić information content (AvgIpc) is 2.54. The first kappa shape index (κ1) is 13.1. The summed E-state index contributed by atoms with van der Waals surface area (Å²) in [5.74, 6) is 0. The van der Waals surface area contributed by atoms with E-state index in [1.54, 1.807) is 26.2 Å². The molecular weight excluding hydrogens is 256 g/mol. The predicted octanol–water partition coefficient (Wildman–Crippen LogP) is 1.21. The third kappa shape index (κ3) is 1.94. The number of aromatic nitrogens is 2. The molecule has 1 aromatic heterocycles. The number of methoxy groups -OCH3 is 1. The van der Waals surface area contributed by atoms with Gasteiger partial charge in [-0.3, -0.25) is 9.13 Å². The number of aryl methyl sites for hydroxylation is 2. The van der Waals surface area contributed by atoms with Crippen LogP contribution >= 0.6 is 11.6 Å². The van der Waals surface area contributed by atoms with Crippen molar-refractivity contribution in [3.63, 3.8) is 0 Å². The highest BCUT2D eigenvalue weighted by molar-refractivity contribution is 6.32. The van der Waals surface area contributed by atoms with Crippen molar-refractivity contribution in [2.45, 2.75) is 6.10 Å². The third-order valence-corrected chi connectivity index (χ3v) is 3.40. The molecule has 1 aromatic carbocycles. The molecule has 18 heavy (non-hydrogen) atoms. The Morgan fingerprint density at radius 2 is 1.89 bits per heavy atom. The van der Waals surface area contributed by atoms with Gasteiger partial charge in [-0.1, -0.05) is 11.6 Å². The molecule has 1 heterocycles. The molecule has 1 N–H and O–H groups in total. The van der Waals surface area contributed by atoms with Crippen molar-refractivity contribution in [3.8, 4) is 0 Å². The fraction of sp³-hybridized carbons (Fsp3) is 0.417. The van der Waals surface area contributed by atoms with Gasteiger partial charge in [-0.25, -0.2) is 4.79 Å². The van der Waals surface area contributed by atoms with Crippen molar-refractivity contribution in [1.82, 2.24) is 9.13 Å². The van der Waals surface area contributed by atoms with E-state index in [1.165, 1.54) is 16.2 Å². The number of halogens is 1. The fourth-order valence-electron chi connectivity index (χ4n) is 2.04. The van der Waals surface area contributed by atoms with Gasteiger partial charge in [0.15, 0.2) is 0 Å². The Morgan fingerprint density at radius 3 is 2.44 bits per heavy atom. The van der Waals surface area contributed by atoms with Crippen LogP contribution in [0, 0.1) is 0 Å². The molecule has 1 unspecified atom stereocenters. The molecule has 0 radical (unpaired) electrons. The number of hydrogen-bond donors (Lipinski definition) is 1. The molecule has 1 atom stereocenters. The molecule has 2 aromatic rings. The Hall–Kier alpha value is -1.30. The van der Waals surface area contributed by atoms with Crippen LogP contribution in [0.25, 0.3) is 11.0 Å². The van der Waals surface area contributed by atoms with Crippen LogP contribution < -0.4 is 5.69 Å². The van der Waals surface area contributed by atoms with E-state index in [1.807, 2.05) is 0 Å². The van der Waals surface area contributed by atoms with Crippen molar-refractivity contribution in [2.24, 2.45) is 14.1 Å². The van der Waals surface area contributed by atoms with Gasteiger partial charge in [0.2, 0.25) is 0 Å². The van der Waals surface area contributed by atoms with Crippen molar-refractivity contribution < 1.29 is 9.84 Å². The molecule has 0 aliphatic heterocycles. The zero-order valence-corrected chi connectivity index (χ0v) is 11.2. The van der Waals surface area contributed by atoms with Crippen LogP contribution in [0.3, 0.4) is 0 Å². The fourth-order valence-corrected chi connectivity index (χ4v) is 2.32. The number of aliphatic hydroxyl groups excluding tert-OH is 1. The second kappa shape index (κ2) is 4.76. The van der Waals surface area contributed by atoms with E-state index in [4.69, 9.17) is 16.3 Å². The lowest BCUT2D eigenvalue weighted by Crippen LogP contribution is -2.19. The first-order chi connectivity index (χ1) is 8.47. The largest absolute Gasteiger partial charge is 0.386 e. The van der Waals surface area contributed by atoms with Crippen LogP contribution in [0.1, 0.15) is 11.7 Å². The molecule has 98 valence electrons.